The number of ether oxygens (including phenoxy) is 1. The third-order valence-electron chi connectivity index (χ3n) is 7.28. The molecule has 0 aliphatic carbocycles. The number of fused-ring (bicyclic) bond motifs is 1. The number of rotatable bonds is 12. The molecular formula is C35H37FN2O. The topological polar surface area (TPSA) is 26.2 Å². The highest BCUT2D eigenvalue weighted by molar-refractivity contribution is 5.89. The Morgan fingerprint density at radius 3 is 2.31 bits per heavy atom. The lowest BCUT2D eigenvalue weighted by atomic mass is 10.0. The van der Waals surface area contributed by atoms with Crippen molar-refractivity contribution in [1.29, 1.82) is 0 Å². The van der Waals surface area contributed by atoms with Crippen molar-refractivity contribution in [1.82, 2.24) is 9.88 Å². The monoisotopic (exact) mass is 520 g/mol. The van der Waals surface area contributed by atoms with Crippen molar-refractivity contribution in [3.05, 3.63) is 125 Å². The van der Waals surface area contributed by atoms with Gasteiger partial charge >= 0.3 is 0 Å². The first-order valence-corrected chi connectivity index (χ1v) is 14.0. The van der Waals surface area contributed by atoms with Crippen molar-refractivity contribution in [3.63, 3.8) is 0 Å². The van der Waals surface area contributed by atoms with E-state index < -0.39 is 0 Å². The summed E-state index contributed by atoms with van der Waals surface area (Å²) in [5, 5.41) is 4.09. The molecule has 5 aromatic rings. The van der Waals surface area contributed by atoms with Gasteiger partial charge in [0.2, 0.25) is 0 Å². The summed E-state index contributed by atoms with van der Waals surface area (Å²) in [6.07, 6.45) is 3.43. The number of benzene rings is 4. The van der Waals surface area contributed by atoms with E-state index in [-0.39, 0.29) is 5.82 Å². The van der Waals surface area contributed by atoms with E-state index >= 15 is 4.39 Å². The van der Waals surface area contributed by atoms with Gasteiger partial charge in [-0.15, -0.1) is 0 Å². The predicted molar refractivity (Wildman–Crippen MR) is 160 cm³/mol. The van der Waals surface area contributed by atoms with Gasteiger partial charge in [0.25, 0.3) is 0 Å². The van der Waals surface area contributed by atoms with Crippen molar-refractivity contribution >= 4 is 10.9 Å². The van der Waals surface area contributed by atoms with Gasteiger partial charge in [-0.05, 0) is 73.3 Å². The smallest absolute Gasteiger partial charge is 0.156 e. The summed E-state index contributed by atoms with van der Waals surface area (Å²) in [7, 11) is 0. The fourth-order valence-corrected chi connectivity index (χ4v) is 5.04. The summed E-state index contributed by atoms with van der Waals surface area (Å²) in [6.45, 7) is 7.33. The molecule has 0 saturated carbocycles. The van der Waals surface area contributed by atoms with E-state index in [4.69, 9.17) is 4.74 Å². The van der Waals surface area contributed by atoms with Crippen LogP contribution in [0.25, 0.3) is 22.2 Å². The molecular weight excluding hydrogens is 483 g/mol. The molecule has 0 aliphatic rings. The second kappa shape index (κ2) is 12.8. The molecule has 0 amide bonds. The summed E-state index contributed by atoms with van der Waals surface area (Å²) in [4.78, 5) is 0. The number of aromatic nitrogens is 1. The third-order valence-corrected chi connectivity index (χ3v) is 7.28. The van der Waals surface area contributed by atoms with Crippen molar-refractivity contribution in [3.8, 4) is 17.0 Å². The van der Waals surface area contributed by atoms with E-state index in [0.29, 0.717) is 30.0 Å². The van der Waals surface area contributed by atoms with Gasteiger partial charge < -0.3 is 14.6 Å². The maximum absolute atomic E-state index is 16.2. The maximum Gasteiger partial charge on any atom is 0.156 e. The molecule has 0 fully saturated rings. The van der Waals surface area contributed by atoms with Gasteiger partial charge in [0.15, 0.2) is 5.82 Å². The predicted octanol–water partition coefficient (Wildman–Crippen LogP) is 8.32. The SMILES string of the molecule is CCCCNCCc1ccc(Cn2c(-c3ccccc3C)c(F)c3cc(OCc4ccccc4)ccc32)cc1. The second-order valence-electron chi connectivity index (χ2n) is 10.2. The summed E-state index contributed by atoms with van der Waals surface area (Å²) in [5.41, 5.74) is 6.98. The molecule has 0 unspecified atom stereocenters. The van der Waals surface area contributed by atoms with E-state index in [1.165, 1.54) is 18.4 Å². The first kappa shape index (κ1) is 26.7. The number of halogens is 1. The number of unbranched alkanes of at least 4 members (excludes halogenated alkanes) is 1. The van der Waals surface area contributed by atoms with Gasteiger partial charge in [0, 0.05) is 17.5 Å². The summed E-state index contributed by atoms with van der Waals surface area (Å²) < 4.78 is 24.4. The van der Waals surface area contributed by atoms with Crippen LogP contribution in [0.4, 0.5) is 4.39 Å². The highest BCUT2D eigenvalue weighted by Crippen LogP contribution is 2.36. The zero-order valence-corrected chi connectivity index (χ0v) is 22.9. The first-order valence-electron chi connectivity index (χ1n) is 14.0. The largest absolute Gasteiger partial charge is 0.489 e. The van der Waals surface area contributed by atoms with E-state index in [1.807, 2.05) is 79.7 Å². The van der Waals surface area contributed by atoms with Gasteiger partial charge in [-0.2, -0.15) is 0 Å². The minimum absolute atomic E-state index is 0.209. The maximum atomic E-state index is 16.2. The average Bonchev–Trinajstić information content (AvgIpc) is 3.23. The van der Waals surface area contributed by atoms with Crippen LogP contribution < -0.4 is 10.1 Å². The Morgan fingerprint density at radius 2 is 1.54 bits per heavy atom. The van der Waals surface area contributed by atoms with Crippen molar-refractivity contribution in [2.75, 3.05) is 13.1 Å². The van der Waals surface area contributed by atoms with Crippen LogP contribution in [0, 0.1) is 12.7 Å². The lowest BCUT2D eigenvalue weighted by molar-refractivity contribution is 0.306. The Kier molecular flexibility index (Phi) is 8.75. The van der Waals surface area contributed by atoms with Crippen molar-refractivity contribution in [2.45, 2.75) is 46.3 Å². The average molecular weight is 521 g/mol. The number of hydrogen-bond acceptors (Lipinski definition) is 2. The van der Waals surface area contributed by atoms with E-state index in [2.05, 4.69) is 41.1 Å². The van der Waals surface area contributed by atoms with Gasteiger partial charge in [-0.3, -0.25) is 0 Å². The summed E-state index contributed by atoms with van der Waals surface area (Å²) >= 11 is 0. The zero-order valence-electron chi connectivity index (χ0n) is 22.9. The number of hydrogen-bond donors (Lipinski definition) is 1. The van der Waals surface area contributed by atoms with Gasteiger partial charge in [-0.1, -0.05) is 92.2 Å². The standard InChI is InChI=1S/C35H37FN2O/c1-3-4-21-37-22-20-27-14-16-28(17-15-27)24-38-33-19-18-30(39-25-29-11-6-5-7-12-29)23-32(33)34(36)35(38)31-13-9-8-10-26(31)2/h5-19,23,37H,3-4,20-22,24-25H2,1-2H3. The van der Waals surface area contributed by atoms with Crippen molar-refractivity contribution < 1.29 is 9.13 Å². The normalized spacial score (nSPS) is 11.3. The fourth-order valence-electron chi connectivity index (χ4n) is 5.04. The highest BCUT2D eigenvalue weighted by Gasteiger charge is 2.21. The quantitative estimate of drug-likeness (QED) is 0.167. The Bertz CT molecular complexity index is 1510. The molecule has 39 heavy (non-hydrogen) atoms. The van der Waals surface area contributed by atoms with Crippen molar-refractivity contribution in [2.24, 2.45) is 0 Å². The lowest BCUT2D eigenvalue weighted by Gasteiger charge is -2.14. The Morgan fingerprint density at radius 1 is 0.795 bits per heavy atom. The lowest BCUT2D eigenvalue weighted by Crippen LogP contribution is -2.18. The molecule has 4 heteroatoms. The third kappa shape index (κ3) is 6.40. The molecule has 0 aliphatic heterocycles. The molecule has 200 valence electrons. The summed E-state index contributed by atoms with van der Waals surface area (Å²) in [5.74, 6) is 0.454. The van der Waals surface area contributed by atoms with Gasteiger partial charge in [0.1, 0.15) is 12.4 Å². The molecule has 0 saturated heterocycles. The Labute approximate surface area is 231 Å². The van der Waals surface area contributed by atoms with Crippen LogP contribution in [0.15, 0.2) is 97.1 Å². The molecule has 5 rings (SSSR count). The number of nitrogens with zero attached hydrogens (tertiary/aromatic N) is 1. The summed E-state index contributed by atoms with van der Waals surface area (Å²) in [6, 6.07) is 32.5. The van der Waals surface area contributed by atoms with Crippen LogP contribution in [0.3, 0.4) is 0 Å². The molecule has 1 heterocycles. The molecule has 1 aromatic heterocycles. The molecule has 3 nitrogen and oxygen atoms in total. The second-order valence-corrected chi connectivity index (χ2v) is 10.2. The van der Waals surface area contributed by atoms with Crippen LogP contribution in [0.5, 0.6) is 5.75 Å². The molecule has 0 atom stereocenters. The minimum Gasteiger partial charge on any atom is -0.489 e. The van der Waals surface area contributed by atoms with Crippen LogP contribution >= 0.6 is 0 Å². The molecule has 1 N–H and O–H groups in total. The van der Waals surface area contributed by atoms with Crippen LogP contribution in [0.1, 0.15) is 42.0 Å². The van der Waals surface area contributed by atoms with Crippen LogP contribution in [-0.2, 0) is 19.6 Å². The van der Waals surface area contributed by atoms with E-state index in [9.17, 15) is 0 Å². The van der Waals surface area contributed by atoms with Crippen LogP contribution in [-0.4, -0.2) is 17.7 Å². The Hall–Kier alpha value is -3.89. The molecule has 4 aromatic carbocycles. The molecule has 0 spiro atoms. The first-order chi connectivity index (χ1) is 19.1. The van der Waals surface area contributed by atoms with Crippen LogP contribution in [0.2, 0.25) is 0 Å². The van der Waals surface area contributed by atoms with E-state index in [1.54, 1.807) is 0 Å². The molecule has 0 bridgehead atoms. The minimum atomic E-state index is -0.209. The fraction of sp³-hybridized carbons (Fsp3) is 0.257. The van der Waals surface area contributed by atoms with Gasteiger partial charge in [0.05, 0.1) is 11.2 Å². The molecule has 0 radical (unpaired) electrons. The van der Waals surface area contributed by atoms with E-state index in [0.717, 1.165) is 47.3 Å². The number of nitrogens with one attached hydrogen (secondary N) is 1. The van der Waals surface area contributed by atoms with Gasteiger partial charge in [-0.25, -0.2) is 4.39 Å². The highest BCUT2D eigenvalue weighted by atomic mass is 19.1. The zero-order chi connectivity index (χ0) is 27.0. The Balaban J connectivity index is 1.44. The number of aryl methyl sites for hydroxylation is 1.